The maximum Gasteiger partial charge on any atom is 0.407 e. The predicted octanol–water partition coefficient (Wildman–Crippen LogP) is 0.956. The molecule has 0 saturated carbocycles. The van der Waals surface area contributed by atoms with E-state index in [1.165, 1.54) is 14.0 Å². The molecule has 4 heteroatoms. The first kappa shape index (κ1) is 10.9. The SMILES string of the molecule is COC(=O)NC(C(C)=O)C(C)C. The van der Waals surface area contributed by atoms with Crippen molar-refractivity contribution in [1.82, 2.24) is 5.32 Å². The lowest BCUT2D eigenvalue weighted by Crippen LogP contribution is -2.43. The van der Waals surface area contributed by atoms with Gasteiger partial charge in [-0.1, -0.05) is 13.8 Å². The van der Waals surface area contributed by atoms with Gasteiger partial charge in [0.25, 0.3) is 0 Å². The number of ketones is 1. The van der Waals surface area contributed by atoms with E-state index in [1.54, 1.807) is 0 Å². The lowest BCUT2D eigenvalue weighted by atomic mass is 10.0. The van der Waals surface area contributed by atoms with E-state index in [2.05, 4.69) is 10.1 Å². The number of hydrogen-bond donors (Lipinski definition) is 1. The van der Waals surface area contributed by atoms with Crippen LogP contribution in [0, 0.1) is 5.92 Å². The molecule has 1 atom stereocenters. The van der Waals surface area contributed by atoms with E-state index >= 15 is 0 Å². The van der Waals surface area contributed by atoms with Gasteiger partial charge in [-0.05, 0) is 12.8 Å². The summed E-state index contributed by atoms with van der Waals surface area (Å²) < 4.78 is 4.38. The number of methoxy groups -OCH3 is 1. The van der Waals surface area contributed by atoms with E-state index in [4.69, 9.17) is 0 Å². The molecule has 1 amide bonds. The Bertz CT molecular complexity index is 177. The highest BCUT2D eigenvalue weighted by atomic mass is 16.5. The summed E-state index contributed by atoms with van der Waals surface area (Å²) in [6, 6.07) is -0.447. The smallest absolute Gasteiger partial charge is 0.407 e. The fourth-order valence-corrected chi connectivity index (χ4v) is 0.924. The molecule has 0 rings (SSSR count). The van der Waals surface area contributed by atoms with Gasteiger partial charge < -0.3 is 10.1 Å². The molecule has 0 heterocycles. The quantitative estimate of drug-likeness (QED) is 0.691. The van der Waals surface area contributed by atoms with Gasteiger partial charge in [0.15, 0.2) is 5.78 Å². The monoisotopic (exact) mass is 173 g/mol. The molecule has 1 unspecified atom stereocenters. The van der Waals surface area contributed by atoms with Crippen molar-refractivity contribution >= 4 is 11.9 Å². The van der Waals surface area contributed by atoms with Crippen molar-refractivity contribution in [2.75, 3.05) is 7.11 Å². The minimum Gasteiger partial charge on any atom is -0.453 e. The summed E-state index contributed by atoms with van der Waals surface area (Å²) in [6.45, 7) is 5.17. The fraction of sp³-hybridized carbons (Fsp3) is 0.750. The normalized spacial score (nSPS) is 12.4. The summed E-state index contributed by atoms with van der Waals surface area (Å²) in [5.74, 6) is 0.0250. The number of nitrogens with one attached hydrogen (secondary N) is 1. The van der Waals surface area contributed by atoms with Crippen LogP contribution in [-0.4, -0.2) is 25.0 Å². The molecule has 0 aliphatic carbocycles. The summed E-state index contributed by atoms with van der Waals surface area (Å²) in [5, 5.41) is 2.45. The molecule has 12 heavy (non-hydrogen) atoms. The average Bonchev–Trinajstić information content (AvgIpc) is 1.98. The number of ether oxygens (including phenoxy) is 1. The number of rotatable bonds is 3. The number of hydrogen-bond acceptors (Lipinski definition) is 3. The van der Waals surface area contributed by atoms with Gasteiger partial charge in [0.05, 0.1) is 13.2 Å². The van der Waals surface area contributed by atoms with Crippen LogP contribution >= 0.6 is 0 Å². The Labute approximate surface area is 72.3 Å². The second-order valence-corrected chi connectivity index (χ2v) is 2.97. The van der Waals surface area contributed by atoms with E-state index in [0.717, 1.165) is 0 Å². The number of alkyl carbamates (subject to hydrolysis) is 1. The summed E-state index contributed by atoms with van der Waals surface area (Å²) in [6.07, 6.45) is -0.566. The molecule has 1 N–H and O–H groups in total. The van der Waals surface area contributed by atoms with Gasteiger partial charge in [-0.3, -0.25) is 4.79 Å². The van der Waals surface area contributed by atoms with E-state index in [-0.39, 0.29) is 11.7 Å². The molecule has 0 fully saturated rings. The fourth-order valence-electron chi connectivity index (χ4n) is 0.924. The van der Waals surface area contributed by atoms with Crippen LogP contribution < -0.4 is 5.32 Å². The third-order valence-electron chi connectivity index (χ3n) is 1.56. The molecular weight excluding hydrogens is 158 g/mol. The van der Waals surface area contributed by atoms with Gasteiger partial charge in [0.1, 0.15) is 0 Å². The minimum atomic E-state index is -0.566. The maximum absolute atomic E-state index is 11.0. The number of carbonyl (C=O) groups is 2. The lowest BCUT2D eigenvalue weighted by Gasteiger charge is -2.18. The number of carbonyl (C=O) groups excluding carboxylic acids is 2. The Morgan fingerprint density at radius 1 is 1.33 bits per heavy atom. The zero-order valence-corrected chi connectivity index (χ0v) is 7.88. The van der Waals surface area contributed by atoms with Gasteiger partial charge in [-0.2, -0.15) is 0 Å². The lowest BCUT2D eigenvalue weighted by molar-refractivity contribution is -0.119. The van der Waals surface area contributed by atoms with Crippen molar-refractivity contribution in [2.24, 2.45) is 5.92 Å². The van der Waals surface area contributed by atoms with Gasteiger partial charge in [-0.25, -0.2) is 4.79 Å². The number of amides is 1. The highest BCUT2D eigenvalue weighted by molar-refractivity contribution is 5.85. The third kappa shape index (κ3) is 3.37. The average molecular weight is 173 g/mol. The third-order valence-corrected chi connectivity index (χ3v) is 1.56. The van der Waals surface area contributed by atoms with Gasteiger partial charge in [0, 0.05) is 0 Å². The molecule has 4 nitrogen and oxygen atoms in total. The van der Waals surface area contributed by atoms with Crippen molar-refractivity contribution < 1.29 is 14.3 Å². The van der Waals surface area contributed by atoms with Crippen LogP contribution in [0.2, 0.25) is 0 Å². The Morgan fingerprint density at radius 3 is 2.08 bits per heavy atom. The first-order valence-electron chi connectivity index (χ1n) is 3.84. The topological polar surface area (TPSA) is 55.4 Å². The first-order chi connectivity index (χ1) is 5.49. The van der Waals surface area contributed by atoms with E-state index in [0.29, 0.717) is 0 Å². The molecule has 0 radical (unpaired) electrons. The molecule has 70 valence electrons. The molecule has 0 aliphatic heterocycles. The Balaban J connectivity index is 4.14. The van der Waals surface area contributed by atoms with E-state index < -0.39 is 12.1 Å². The van der Waals surface area contributed by atoms with Crippen LogP contribution in [0.1, 0.15) is 20.8 Å². The van der Waals surface area contributed by atoms with Gasteiger partial charge >= 0.3 is 6.09 Å². The van der Waals surface area contributed by atoms with Crippen molar-refractivity contribution in [3.05, 3.63) is 0 Å². The van der Waals surface area contributed by atoms with Crippen LogP contribution in [0.3, 0.4) is 0 Å². The summed E-state index contributed by atoms with van der Waals surface area (Å²) in [4.78, 5) is 21.7. The minimum absolute atomic E-state index is 0.0598. The molecule has 0 saturated heterocycles. The van der Waals surface area contributed by atoms with Crippen molar-refractivity contribution in [3.63, 3.8) is 0 Å². The first-order valence-corrected chi connectivity index (χ1v) is 3.84. The van der Waals surface area contributed by atoms with Crippen LogP contribution in [0.15, 0.2) is 0 Å². The second kappa shape index (κ2) is 4.74. The van der Waals surface area contributed by atoms with Crippen molar-refractivity contribution in [3.8, 4) is 0 Å². The van der Waals surface area contributed by atoms with Crippen LogP contribution in [0.25, 0.3) is 0 Å². The van der Waals surface area contributed by atoms with Crippen LogP contribution in [-0.2, 0) is 9.53 Å². The van der Waals surface area contributed by atoms with Crippen LogP contribution in [0.4, 0.5) is 4.79 Å². The second-order valence-electron chi connectivity index (χ2n) is 2.97. The van der Waals surface area contributed by atoms with Crippen molar-refractivity contribution in [1.29, 1.82) is 0 Å². The zero-order valence-electron chi connectivity index (χ0n) is 7.88. The maximum atomic E-state index is 11.0. The highest BCUT2D eigenvalue weighted by Crippen LogP contribution is 2.02. The standard InChI is InChI=1S/C8H15NO3/c1-5(2)7(6(3)10)9-8(11)12-4/h5,7H,1-4H3,(H,9,11). The predicted molar refractivity (Wildman–Crippen MR) is 44.8 cm³/mol. The molecule has 0 aliphatic rings. The highest BCUT2D eigenvalue weighted by Gasteiger charge is 2.20. The van der Waals surface area contributed by atoms with Crippen molar-refractivity contribution in [2.45, 2.75) is 26.8 Å². The molecule has 0 bridgehead atoms. The van der Waals surface area contributed by atoms with Gasteiger partial charge in [0.2, 0.25) is 0 Å². The summed E-state index contributed by atoms with van der Waals surface area (Å²) in [7, 11) is 1.27. The van der Waals surface area contributed by atoms with E-state index in [1.807, 2.05) is 13.8 Å². The van der Waals surface area contributed by atoms with Crippen LogP contribution in [0.5, 0.6) is 0 Å². The molecule has 0 aromatic rings. The summed E-state index contributed by atoms with van der Waals surface area (Å²) in [5.41, 5.74) is 0. The summed E-state index contributed by atoms with van der Waals surface area (Å²) >= 11 is 0. The number of Topliss-reactive ketones (excluding diaryl/α,β-unsaturated/α-hetero) is 1. The molecule has 0 spiro atoms. The molecule has 0 aromatic carbocycles. The Morgan fingerprint density at radius 2 is 1.83 bits per heavy atom. The Kier molecular flexibility index (Phi) is 4.33. The Hall–Kier alpha value is -1.06. The van der Waals surface area contributed by atoms with Gasteiger partial charge in [-0.15, -0.1) is 0 Å². The molecular formula is C8H15NO3. The van der Waals surface area contributed by atoms with E-state index in [9.17, 15) is 9.59 Å². The largest absolute Gasteiger partial charge is 0.453 e. The molecule has 0 aromatic heterocycles. The zero-order chi connectivity index (χ0) is 9.72.